The summed E-state index contributed by atoms with van der Waals surface area (Å²) in [5.41, 5.74) is 0. The van der Waals surface area contributed by atoms with Gasteiger partial charge in [0, 0.05) is 19.3 Å². The molecular formula is C50H88O6. The zero-order valence-corrected chi connectivity index (χ0v) is 36.9. The van der Waals surface area contributed by atoms with Gasteiger partial charge in [-0.25, -0.2) is 0 Å². The molecule has 0 N–H and O–H groups in total. The molecule has 0 heterocycles. The van der Waals surface area contributed by atoms with Crippen molar-refractivity contribution in [1.82, 2.24) is 0 Å². The molecule has 0 aliphatic carbocycles. The van der Waals surface area contributed by atoms with E-state index < -0.39 is 6.10 Å². The van der Waals surface area contributed by atoms with E-state index in [1.807, 2.05) is 12.2 Å². The van der Waals surface area contributed by atoms with Gasteiger partial charge in [0.2, 0.25) is 0 Å². The number of rotatable bonds is 42. The molecule has 0 radical (unpaired) electrons. The lowest BCUT2D eigenvalue weighted by Gasteiger charge is -2.18. The highest BCUT2D eigenvalue weighted by Crippen LogP contribution is 2.15. The van der Waals surface area contributed by atoms with Gasteiger partial charge in [0.25, 0.3) is 0 Å². The minimum atomic E-state index is -0.804. The number of carbonyl (C=O) groups excluding carboxylic acids is 3. The topological polar surface area (TPSA) is 78.9 Å². The molecule has 0 fully saturated rings. The first kappa shape index (κ1) is 53.4. The lowest BCUT2D eigenvalue weighted by Crippen LogP contribution is -2.30. The van der Waals surface area contributed by atoms with Crippen molar-refractivity contribution in [2.24, 2.45) is 0 Å². The first-order valence-electron chi connectivity index (χ1n) is 23.6. The average molecular weight is 785 g/mol. The molecule has 1 unspecified atom stereocenters. The Morgan fingerprint density at radius 3 is 1.05 bits per heavy atom. The Hall–Kier alpha value is -2.63. The minimum Gasteiger partial charge on any atom is -0.462 e. The molecule has 0 amide bonds. The van der Waals surface area contributed by atoms with Crippen LogP contribution in [0.25, 0.3) is 0 Å². The normalized spacial score (nSPS) is 12.4. The van der Waals surface area contributed by atoms with Gasteiger partial charge < -0.3 is 14.2 Å². The first-order chi connectivity index (χ1) is 27.5. The van der Waals surface area contributed by atoms with Gasteiger partial charge in [-0.1, -0.05) is 217 Å². The molecular weight excluding hydrogens is 697 g/mol. The quantitative estimate of drug-likeness (QED) is 0.0265. The fourth-order valence-electron chi connectivity index (χ4n) is 6.57. The van der Waals surface area contributed by atoms with E-state index in [1.165, 1.54) is 122 Å². The Labute approximate surface area is 346 Å². The average Bonchev–Trinajstić information content (AvgIpc) is 3.19. The Balaban J connectivity index is 4.44. The number of hydrogen-bond donors (Lipinski definition) is 0. The van der Waals surface area contributed by atoms with Crippen molar-refractivity contribution in [3.8, 4) is 0 Å². The lowest BCUT2D eigenvalue weighted by molar-refractivity contribution is -0.166. The van der Waals surface area contributed by atoms with E-state index in [-0.39, 0.29) is 37.5 Å². The molecule has 0 rings (SSSR count). The summed E-state index contributed by atoms with van der Waals surface area (Å²) in [6, 6.07) is 0. The zero-order valence-electron chi connectivity index (χ0n) is 36.9. The number of ether oxygens (including phenoxy) is 3. The predicted octanol–water partition coefficient (Wildman–Crippen LogP) is 15.1. The van der Waals surface area contributed by atoms with Crippen LogP contribution in [0.5, 0.6) is 0 Å². The Morgan fingerprint density at radius 1 is 0.375 bits per heavy atom. The third kappa shape index (κ3) is 42.5. The van der Waals surface area contributed by atoms with Crippen LogP contribution >= 0.6 is 0 Å². The molecule has 0 aromatic rings. The van der Waals surface area contributed by atoms with Crippen molar-refractivity contribution in [3.63, 3.8) is 0 Å². The van der Waals surface area contributed by atoms with Crippen LogP contribution in [0.1, 0.15) is 233 Å². The number of carbonyl (C=O) groups is 3. The van der Waals surface area contributed by atoms with Crippen molar-refractivity contribution < 1.29 is 28.6 Å². The lowest BCUT2D eigenvalue weighted by atomic mass is 10.0. The zero-order chi connectivity index (χ0) is 40.8. The fraction of sp³-hybridized carbons (Fsp3) is 0.780. The highest BCUT2D eigenvalue weighted by atomic mass is 16.6. The molecule has 56 heavy (non-hydrogen) atoms. The van der Waals surface area contributed by atoms with Gasteiger partial charge in [-0.3, -0.25) is 14.4 Å². The molecule has 0 saturated heterocycles. The van der Waals surface area contributed by atoms with Gasteiger partial charge >= 0.3 is 17.9 Å². The second kappa shape index (κ2) is 45.1. The second-order valence-electron chi connectivity index (χ2n) is 15.6. The van der Waals surface area contributed by atoms with Gasteiger partial charge in [0.05, 0.1) is 0 Å². The fourth-order valence-corrected chi connectivity index (χ4v) is 6.57. The summed E-state index contributed by atoms with van der Waals surface area (Å²) in [5, 5.41) is 0. The molecule has 0 saturated carbocycles. The maximum Gasteiger partial charge on any atom is 0.306 e. The predicted molar refractivity (Wildman–Crippen MR) is 238 cm³/mol. The van der Waals surface area contributed by atoms with Crippen molar-refractivity contribution in [1.29, 1.82) is 0 Å². The summed E-state index contributed by atoms with van der Waals surface area (Å²) in [4.78, 5) is 37.7. The van der Waals surface area contributed by atoms with E-state index in [0.717, 1.165) is 64.2 Å². The molecule has 0 aliphatic rings. The van der Waals surface area contributed by atoms with Crippen LogP contribution in [0.2, 0.25) is 0 Å². The van der Waals surface area contributed by atoms with Crippen molar-refractivity contribution >= 4 is 17.9 Å². The van der Waals surface area contributed by atoms with Crippen LogP contribution in [0, 0.1) is 0 Å². The van der Waals surface area contributed by atoms with E-state index in [9.17, 15) is 14.4 Å². The molecule has 0 aromatic heterocycles. The number of hydrogen-bond acceptors (Lipinski definition) is 6. The number of esters is 3. The first-order valence-corrected chi connectivity index (χ1v) is 23.6. The van der Waals surface area contributed by atoms with Crippen molar-refractivity contribution in [3.05, 3.63) is 48.6 Å². The molecule has 6 heteroatoms. The molecule has 0 spiro atoms. The summed E-state index contributed by atoms with van der Waals surface area (Å²) >= 11 is 0. The van der Waals surface area contributed by atoms with Crippen LogP contribution < -0.4 is 0 Å². The van der Waals surface area contributed by atoms with Gasteiger partial charge in [0.1, 0.15) is 13.2 Å². The van der Waals surface area contributed by atoms with Crippen molar-refractivity contribution in [2.75, 3.05) is 13.2 Å². The summed E-state index contributed by atoms with van der Waals surface area (Å²) in [6.07, 6.45) is 52.5. The van der Waals surface area contributed by atoms with Gasteiger partial charge in [-0.2, -0.15) is 0 Å². The molecule has 324 valence electrons. The molecule has 6 nitrogen and oxygen atoms in total. The summed E-state index contributed by atoms with van der Waals surface area (Å²) in [5.74, 6) is -0.977. The van der Waals surface area contributed by atoms with Gasteiger partial charge in [0.15, 0.2) is 6.10 Å². The Bertz CT molecular complexity index is 996. The largest absolute Gasteiger partial charge is 0.462 e. The maximum absolute atomic E-state index is 12.7. The highest BCUT2D eigenvalue weighted by Gasteiger charge is 2.19. The third-order valence-electron chi connectivity index (χ3n) is 10.1. The van der Waals surface area contributed by atoms with E-state index in [2.05, 4.69) is 57.2 Å². The van der Waals surface area contributed by atoms with E-state index >= 15 is 0 Å². The van der Waals surface area contributed by atoms with Crippen LogP contribution in [-0.2, 0) is 28.6 Å². The van der Waals surface area contributed by atoms with Crippen LogP contribution in [0.4, 0.5) is 0 Å². The summed E-state index contributed by atoms with van der Waals surface area (Å²) < 4.78 is 16.7. The Morgan fingerprint density at radius 2 is 0.696 bits per heavy atom. The molecule has 0 aliphatic heterocycles. The minimum absolute atomic E-state index is 0.0983. The Kier molecular flexibility index (Phi) is 43.0. The summed E-state index contributed by atoms with van der Waals surface area (Å²) in [6.45, 7) is 6.45. The molecule has 1 atom stereocenters. The van der Waals surface area contributed by atoms with Crippen LogP contribution in [-0.4, -0.2) is 37.2 Å². The highest BCUT2D eigenvalue weighted by molar-refractivity contribution is 5.71. The van der Waals surface area contributed by atoms with Crippen LogP contribution in [0.15, 0.2) is 48.6 Å². The summed E-state index contributed by atoms with van der Waals surface area (Å²) in [7, 11) is 0. The van der Waals surface area contributed by atoms with Crippen LogP contribution in [0.3, 0.4) is 0 Å². The smallest absolute Gasteiger partial charge is 0.306 e. The monoisotopic (exact) mass is 785 g/mol. The molecule has 0 aromatic carbocycles. The standard InChI is InChI=1S/C50H88O6/c1-4-7-10-13-16-19-22-24-26-28-31-34-37-40-43-49(52)55-46-47(45-54-48(51)42-39-36-33-30-27-21-18-15-12-9-6-3)56-50(53)44-41-38-35-32-29-25-23-20-17-14-11-8-5-2/h8,11,17,20,25,29,35,38,47H,4-7,9-10,12-16,18-19,21-24,26-28,30-34,36-37,39-46H2,1-3H3/b11-8-,20-17-,29-25-,38-35-. The second-order valence-corrected chi connectivity index (χ2v) is 15.6. The SMILES string of the molecule is CC/C=C\C/C=C\C/C=C\C/C=C\CCC(=O)OC(COC(=O)CCCCCCCCCCCCC)COC(=O)CCCCCCCCCCCCCCCC. The van der Waals surface area contributed by atoms with Gasteiger partial charge in [-0.05, 0) is 44.9 Å². The third-order valence-corrected chi connectivity index (χ3v) is 10.1. The maximum atomic E-state index is 12.7. The van der Waals surface area contributed by atoms with E-state index in [1.54, 1.807) is 0 Å². The van der Waals surface area contributed by atoms with Crippen molar-refractivity contribution in [2.45, 2.75) is 239 Å². The number of unbranched alkanes of at least 4 members (excludes halogenated alkanes) is 23. The van der Waals surface area contributed by atoms with Gasteiger partial charge in [-0.15, -0.1) is 0 Å². The molecule has 0 bridgehead atoms. The number of allylic oxidation sites excluding steroid dienone is 8. The van der Waals surface area contributed by atoms with E-state index in [0.29, 0.717) is 19.3 Å². The van der Waals surface area contributed by atoms with E-state index in [4.69, 9.17) is 14.2 Å².